The van der Waals surface area contributed by atoms with Gasteiger partial charge in [-0.15, -0.1) is 0 Å². The molecule has 1 aliphatic rings. The number of hydrogen-bond acceptors (Lipinski definition) is 3. The summed E-state index contributed by atoms with van der Waals surface area (Å²) in [6, 6.07) is 0. The Balaban J connectivity index is 2.40. The average Bonchev–Trinajstić information content (AvgIpc) is 2.27. The summed E-state index contributed by atoms with van der Waals surface area (Å²) >= 11 is 0. The zero-order valence-corrected chi connectivity index (χ0v) is 9.55. The Morgan fingerprint density at radius 1 is 1.40 bits per heavy atom. The summed E-state index contributed by atoms with van der Waals surface area (Å²) in [7, 11) is 0. The van der Waals surface area contributed by atoms with Gasteiger partial charge in [-0.3, -0.25) is 4.79 Å². The lowest BCUT2D eigenvalue weighted by Crippen LogP contribution is -2.55. The zero-order valence-electron chi connectivity index (χ0n) is 9.55. The third-order valence-corrected chi connectivity index (χ3v) is 3.04. The summed E-state index contributed by atoms with van der Waals surface area (Å²) in [5, 5.41) is 3.03. The Morgan fingerprint density at radius 2 is 2.07 bits per heavy atom. The lowest BCUT2D eigenvalue weighted by molar-refractivity contribution is -0.127. The van der Waals surface area contributed by atoms with Crippen molar-refractivity contribution in [2.75, 3.05) is 19.8 Å². The number of nitrogens with one attached hydrogen (secondary N) is 1. The molecule has 0 aliphatic heterocycles. The molecule has 88 valence electrons. The largest absolute Gasteiger partial charge is 0.372 e. The van der Waals surface area contributed by atoms with Crippen LogP contribution in [0, 0.1) is 0 Å². The Bertz CT molecular complexity index is 201. The summed E-state index contributed by atoms with van der Waals surface area (Å²) in [5.74, 6) is -0.0378. The van der Waals surface area contributed by atoms with Gasteiger partial charge in [0.1, 0.15) is 6.61 Å². The molecule has 0 aromatic heterocycles. The highest BCUT2D eigenvalue weighted by Gasteiger charge is 2.31. The molecular weight excluding hydrogens is 192 g/mol. The third-order valence-electron chi connectivity index (χ3n) is 3.04. The van der Waals surface area contributed by atoms with E-state index in [1.54, 1.807) is 0 Å². The van der Waals surface area contributed by atoms with E-state index >= 15 is 0 Å². The van der Waals surface area contributed by atoms with E-state index in [0.29, 0.717) is 13.2 Å². The van der Waals surface area contributed by atoms with Crippen LogP contribution in [-0.4, -0.2) is 31.2 Å². The second kappa shape index (κ2) is 6.08. The molecular formula is C11H22N2O2. The van der Waals surface area contributed by atoms with Gasteiger partial charge in [0, 0.05) is 13.2 Å². The van der Waals surface area contributed by atoms with Crippen LogP contribution in [0.25, 0.3) is 0 Å². The second-order valence-corrected chi connectivity index (χ2v) is 4.23. The molecule has 15 heavy (non-hydrogen) atoms. The van der Waals surface area contributed by atoms with Crippen molar-refractivity contribution < 1.29 is 9.53 Å². The van der Waals surface area contributed by atoms with Crippen molar-refractivity contribution in [3.63, 3.8) is 0 Å². The van der Waals surface area contributed by atoms with Crippen LogP contribution >= 0.6 is 0 Å². The molecule has 1 aliphatic carbocycles. The van der Waals surface area contributed by atoms with E-state index in [4.69, 9.17) is 10.5 Å². The van der Waals surface area contributed by atoms with Crippen LogP contribution in [0.4, 0.5) is 0 Å². The SMILES string of the molecule is CCOCC(=O)NC1(CN)CCCCC1. The molecule has 0 aromatic rings. The maximum atomic E-state index is 11.5. The molecule has 0 bridgehead atoms. The van der Waals surface area contributed by atoms with Gasteiger partial charge in [0.2, 0.25) is 5.91 Å². The molecule has 0 saturated heterocycles. The summed E-state index contributed by atoms with van der Waals surface area (Å²) in [5.41, 5.74) is 5.60. The highest BCUT2D eigenvalue weighted by molar-refractivity contribution is 5.78. The number of ether oxygens (including phenoxy) is 1. The third kappa shape index (κ3) is 3.80. The fourth-order valence-corrected chi connectivity index (χ4v) is 2.14. The molecule has 0 aromatic carbocycles. The van der Waals surface area contributed by atoms with Crippen molar-refractivity contribution >= 4 is 5.91 Å². The van der Waals surface area contributed by atoms with Crippen molar-refractivity contribution in [2.24, 2.45) is 5.73 Å². The monoisotopic (exact) mass is 214 g/mol. The summed E-state index contributed by atoms with van der Waals surface area (Å²) < 4.78 is 5.07. The molecule has 0 atom stereocenters. The van der Waals surface area contributed by atoms with E-state index in [9.17, 15) is 4.79 Å². The quantitative estimate of drug-likeness (QED) is 0.711. The van der Waals surface area contributed by atoms with Crippen molar-refractivity contribution in [2.45, 2.75) is 44.6 Å². The lowest BCUT2D eigenvalue weighted by Gasteiger charge is -2.37. The molecule has 4 nitrogen and oxygen atoms in total. The first-order valence-electron chi connectivity index (χ1n) is 5.81. The van der Waals surface area contributed by atoms with Crippen molar-refractivity contribution in [3.8, 4) is 0 Å². The zero-order chi connectivity index (χ0) is 11.1. The Morgan fingerprint density at radius 3 is 2.60 bits per heavy atom. The molecule has 1 amide bonds. The maximum Gasteiger partial charge on any atom is 0.246 e. The van der Waals surface area contributed by atoms with Crippen molar-refractivity contribution in [1.29, 1.82) is 0 Å². The number of rotatable bonds is 5. The smallest absolute Gasteiger partial charge is 0.246 e. The Labute approximate surface area is 91.5 Å². The highest BCUT2D eigenvalue weighted by atomic mass is 16.5. The normalized spacial score (nSPS) is 19.9. The highest BCUT2D eigenvalue weighted by Crippen LogP contribution is 2.27. The summed E-state index contributed by atoms with van der Waals surface area (Å²) in [6.45, 7) is 3.14. The number of hydrogen-bond donors (Lipinski definition) is 2. The maximum absolute atomic E-state index is 11.5. The number of nitrogens with two attached hydrogens (primary N) is 1. The molecule has 0 spiro atoms. The van der Waals surface area contributed by atoms with Gasteiger partial charge in [0.15, 0.2) is 0 Å². The van der Waals surface area contributed by atoms with Crippen molar-refractivity contribution in [3.05, 3.63) is 0 Å². The first-order chi connectivity index (χ1) is 7.22. The second-order valence-electron chi connectivity index (χ2n) is 4.23. The molecule has 1 rings (SSSR count). The average molecular weight is 214 g/mol. The first-order valence-corrected chi connectivity index (χ1v) is 5.81. The molecule has 3 N–H and O–H groups in total. The van der Waals surface area contributed by atoms with E-state index in [0.717, 1.165) is 25.7 Å². The minimum Gasteiger partial charge on any atom is -0.372 e. The van der Waals surface area contributed by atoms with Gasteiger partial charge in [-0.05, 0) is 19.8 Å². The molecule has 0 unspecified atom stereocenters. The van der Waals surface area contributed by atoms with Crippen LogP contribution < -0.4 is 11.1 Å². The van der Waals surface area contributed by atoms with Gasteiger partial charge < -0.3 is 15.8 Å². The van der Waals surface area contributed by atoms with Crippen LogP contribution in [-0.2, 0) is 9.53 Å². The number of carbonyl (C=O) groups is 1. The predicted molar refractivity (Wildman–Crippen MR) is 59.5 cm³/mol. The molecule has 4 heteroatoms. The first kappa shape index (κ1) is 12.5. The van der Waals surface area contributed by atoms with Gasteiger partial charge in [-0.2, -0.15) is 0 Å². The van der Waals surface area contributed by atoms with Crippen LogP contribution in [0.5, 0.6) is 0 Å². The summed E-state index contributed by atoms with van der Waals surface area (Å²) in [4.78, 5) is 11.5. The minimum absolute atomic E-state index is 0.0378. The van der Waals surface area contributed by atoms with E-state index in [1.807, 2.05) is 6.92 Å². The summed E-state index contributed by atoms with van der Waals surface area (Å²) in [6.07, 6.45) is 5.57. The van der Waals surface area contributed by atoms with Gasteiger partial charge >= 0.3 is 0 Å². The topological polar surface area (TPSA) is 64.3 Å². The van der Waals surface area contributed by atoms with E-state index in [1.165, 1.54) is 6.42 Å². The van der Waals surface area contributed by atoms with Gasteiger partial charge in [0.05, 0.1) is 5.54 Å². The number of carbonyl (C=O) groups excluding carboxylic acids is 1. The van der Waals surface area contributed by atoms with Crippen LogP contribution in [0.15, 0.2) is 0 Å². The van der Waals surface area contributed by atoms with Gasteiger partial charge in [-0.1, -0.05) is 19.3 Å². The standard InChI is InChI=1S/C11H22N2O2/c1-2-15-8-10(14)13-11(9-12)6-4-3-5-7-11/h2-9,12H2,1H3,(H,13,14). The minimum atomic E-state index is -0.160. The Kier molecular flexibility index (Phi) is 5.05. The number of amides is 1. The van der Waals surface area contributed by atoms with Crippen LogP contribution in [0.1, 0.15) is 39.0 Å². The Hall–Kier alpha value is -0.610. The molecule has 1 fully saturated rings. The van der Waals surface area contributed by atoms with Crippen LogP contribution in [0.3, 0.4) is 0 Å². The molecule has 1 saturated carbocycles. The van der Waals surface area contributed by atoms with Crippen molar-refractivity contribution in [1.82, 2.24) is 5.32 Å². The van der Waals surface area contributed by atoms with E-state index in [-0.39, 0.29) is 18.1 Å². The fourth-order valence-electron chi connectivity index (χ4n) is 2.14. The van der Waals surface area contributed by atoms with E-state index in [2.05, 4.69) is 5.32 Å². The molecule has 0 radical (unpaired) electrons. The van der Waals surface area contributed by atoms with E-state index < -0.39 is 0 Å². The predicted octanol–water partition coefficient (Wildman–Crippen LogP) is 0.801. The molecule has 0 heterocycles. The lowest BCUT2D eigenvalue weighted by atomic mass is 9.81. The van der Waals surface area contributed by atoms with Crippen LogP contribution in [0.2, 0.25) is 0 Å². The fraction of sp³-hybridized carbons (Fsp3) is 0.909. The van der Waals surface area contributed by atoms with Gasteiger partial charge in [-0.25, -0.2) is 0 Å². The van der Waals surface area contributed by atoms with Gasteiger partial charge in [0.25, 0.3) is 0 Å².